The average molecular weight is 370 g/mol. The van der Waals surface area contributed by atoms with Gasteiger partial charge in [0, 0.05) is 26.6 Å². The summed E-state index contributed by atoms with van der Waals surface area (Å²) < 4.78 is 13.2. The minimum atomic E-state index is -0.111. The average Bonchev–Trinajstić information content (AvgIpc) is 3.11. The highest BCUT2D eigenvalue weighted by molar-refractivity contribution is 5.80. The third-order valence-corrected chi connectivity index (χ3v) is 5.73. The zero-order valence-electron chi connectivity index (χ0n) is 15.9. The van der Waals surface area contributed by atoms with Crippen LogP contribution in [0, 0.1) is 11.8 Å². The van der Waals surface area contributed by atoms with Crippen molar-refractivity contribution in [3.8, 4) is 11.5 Å². The Morgan fingerprint density at radius 3 is 2.85 bits per heavy atom. The van der Waals surface area contributed by atoms with Crippen LogP contribution in [0.1, 0.15) is 24.2 Å². The summed E-state index contributed by atoms with van der Waals surface area (Å²) >= 11 is 0. The number of methoxy groups -OCH3 is 1. The number of likely N-dealkylation sites (tertiary alicyclic amines) is 1. The number of rotatable bonds is 4. The quantitative estimate of drug-likeness (QED) is 0.822. The number of benzene rings is 1. The van der Waals surface area contributed by atoms with E-state index in [4.69, 9.17) is 9.47 Å². The maximum Gasteiger partial charge on any atom is 0.229 e. The first-order valence-electron chi connectivity index (χ1n) is 9.56. The zero-order chi connectivity index (χ0) is 18.8. The fourth-order valence-electron chi connectivity index (χ4n) is 4.08. The third kappa shape index (κ3) is 3.63. The number of nitrogens with zero attached hydrogens (tertiary/aromatic N) is 4. The predicted octanol–water partition coefficient (Wildman–Crippen LogP) is 1.86. The number of fused-ring (bicyclic) bond motifs is 1. The van der Waals surface area contributed by atoms with E-state index in [2.05, 4.69) is 10.2 Å². The molecule has 0 aliphatic carbocycles. The van der Waals surface area contributed by atoms with Crippen LogP contribution in [0.25, 0.3) is 0 Å². The van der Waals surface area contributed by atoms with Crippen molar-refractivity contribution in [1.82, 2.24) is 19.7 Å². The van der Waals surface area contributed by atoms with Crippen molar-refractivity contribution < 1.29 is 14.3 Å². The molecule has 0 saturated carbocycles. The predicted molar refractivity (Wildman–Crippen MR) is 99.7 cm³/mol. The van der Waals surface area contributed by atoms with Crippen LogP contribution in [0.3, 0.4) is 0 Å². The summed E-state index contributed by atoms with van der Waals surface area (Å²) in [5.74, 6) is 3.20. The number of piperidine rings is 1. The standard InChI is InChI=1S/C20H26N4O3/c1-23-13-21-22-18(23)10-14-6-8-24(9-7-14)20(25)16-11-15-4-3-5-17(26-2)19(15)27-12-16/h3-5,13-14,16H,6-12H2,1-2H3. The van der Waals surface area contributed by atoms with Crippen molar-refractivity contribution >= 4 is 5.91 Å². The highest BCUT2D eigenvalue weighted by Crippen LogP contribution is 2.36. The van der Waals surface area contributed by atoms with Gasteiger partial charge in [-0.15, -0.1) is 10.2 Å². The van der Waals surface area contributed by atoms with E-state index in [-0.39, 0.29) is 11.8 Å². The van der Waals surface area contributed by atoms with Gasteiger partial charge in [0.1, 0.15) is 18.8 Å². The fraction of sp³-hybridized carbons (Fsp3) is 0.550. The normalized spacial score (nSPS) is 20.1. The van der Waals surface area contributed by atoms with Gasteiger partial charge in [-0.2, -0.15) is 0 Å². The second-order valence-corrected chi connectivity index (χ2v) is 7.49. The summed E-state index contributed by atoms with van der Waals surface area (Å²) in [5.41, 5.74) is 1.05. The molecule has 7 nitrogen and oxygen atoms in total. The molecular formula is C20H26N4O3. The lowest BCUT2D eigenvalue weighted by Gasteiger charge is -2.35. The number of aryl methyl sites for hydroxylation is 1. The molecule has 0 spiro atoms. The van der Waals surface area contributed by atoms with Gasteiger partial charge in [-0.25, -0.2) is 0 Å². The van der Waals surface area contributed by atoms with E-state index in [1.54, 1.807) is 13.4 Å². The largest absolute Gasteiger partial charge is 0.493 e. The Labute approximate surface area is 159 Å². The molecule has 27 heavy (non-hydrogen) atoms. The molecule has 0 radical (unpaired) electrons. The molecule has 2 aliphatic rings. The second kappa shape index (κ2) is 7.58. The molecule has 1 amide bonds. The lowest BCUT2D eigenvalue weighted by Crippen LogP contribution is -2.45. The molecule has 1 unspecified atom stereocenters. The van der Waals surface area contributed by atoms with E-state index in [9.17, 15) is 4.79 Å². The van der Waals surface area contributed by atoms with Crippen molar-refractivity contribution in [3.63, 3.8) is 0 Å². The summed E-state index contributed by atoms with van der Waals surface area (Å²) in [6, 6.07) is 5.86. The summed E-state index contributed by atoms with van der Waals surface area (Å²) in [4.78, 5) is 15.0. The Hall–Kier alpha value is -2.57. The molecule has 144 valence electrons. The van der Waals surface area contributed by atoms with E-state index in [1.807, 2.05) is 34.7 Å². The second-order valence-electron chi connectivity index (χ2n) is 7.49. The molecular weight excluding hydrogens is 344 g/mol. The summed E-state index contributed by atoms with van der Waals surface area (Å²) in [6.07, 6.45) is 5.40. The molecule has 0 bridgehead atoms. The molecule has 1 aromatic carbocycles. The van der Waals surface area contributed by atoms with Crippen LogP contribution < -0.4 is 9.47 Å². The minimum Gasteiger partial charge on any atom is -0.493 e. The number of para-hydroxylation sites is 1. The van der Waals surface area contributed by atoms with E-state index in [0.29, 0.717) is 18.9 Å². The van der Waals surface area contributed by atoms with Gasteiger partial charge in [-0.1, -0.05) is 12.1 Å². The van der Waals surface area contributed by atoms with Crippen molar-refractivity contribution in [1.29, 1.82) is 0 Å². The number of carbonyl (C=O) groups excluding carboxylic acids is 1. The SMILES string of the molecule is COc1cccc2c1OCC(C(=O)N1CCC(Cc3nncn3C)CC1)C2. The van der Waals surface area contributed by atoms with Crippen molar-refractivity contribution in [3.05, 3.63) is 35.9 Å². The van der Waals surface area contributed by atoms with E-state index < -0.39 is 0 Å². The van der Waals surface area contributed by atoms with Gasteiger partial charge >= 0.3 is 0 Å². The number of aromatic nitrogens is 3. The molecule has 2 aliphatic heterocycles. The van der Waals surface area contributed by atoms with Gasteiger partial charge < -0.3 is 18.9 Å². The van der Waals surface area contributed by atoms with Gasteiger partial charge in [0.05, 0.1) is 13.0 Å². The number of amides is 1. The van der Waals surface area contributed by atoms with Crippen LogP contribution >= 0.6 is 0 Å². The monoisotopic (exact) mass is 370 g/mol. The Balaban J connectivity index is 1.34. The smallest absolute Gasteiger partial charge is 0.229 e. The van der Waals surface area contributed by atoms with Gasteiger partial charge in [-0.05, 0) is 36.8 Å². The van der Waals surface area contributed by atoms with E-state index in [1.165, 1.54) is 0 Å². The maximum absolute atomic E-state index is 13.0. The zero-order valence-corrected chi connectivity index (χ0v) is 15.9. The van der Waals surface area contributed by atoms with Crippen molar-refractivity contribution in [2.75, 3.05) is 26.8 Å². The Morgan fingerprint density at radius 1 is 1.33 bits per heavy atom. The Kier molecular flexibility index (Phi) is 5.01. The topological polar surface area (TPSA) is 69.5 Å². The highest BCUT2D eigenvalue weighted by atomic mass is 16.5. The molecule has 1 aromatic heterocycles. The lowest BCUT2D eigenvalue weighted by molar-refractivity contribution is -0.138. The van der Waals surface area contributed by atoms with Crippen LogP contribution in [-0.4, -0.2) is 52.4 Å². The fourth-order valence-corrected chi connectivity index (χ4v) is 4.08. The Bertz CT molecular complexity index is 811. The van der Waals surface area contributed by atoms with Crippen molar-refractivity contribution in [2.24, 2.45) is 18.9 Å². The first kappa shape index (κ1) is 17.8. The first-order chi connectivity index (χ1) is 13.2. The van der Waals surface area contributed by atoms with E-state index >= 15 is 0 Å². The molecule has 4 rings (SSSR count). The minimum absolute atomic E-state index is 0.111. The molecule has 3 heterocycles. The van der Waals surface area contributed by atoms with E-state index in [0.717, 1.165) is 55.2 Å². The van der Waals surface area contributed by atoms with Crippen molar-refractivity contribution in [2.45, 2.75) is 25.7 Å². The number of hydrogen-bond donors (Lipinski definition) is 0. The molecule has 2 aromatic rings. The van der Waals surface area contributed by atoms with Gasteiger partial charge in [0.25, 0.3) is 0 Å². The van der Waals surface area contributed by atoms with Crippen LogP contribution in [0.5, 0.6) is 11.5 Å². The molecule has 7 heteroatoms. The number of ether oxygens (including phenoxy) is 2. The maximum atomic E-state index is 13.0. The Morgan fingerprint density at radius 2 is 2.15 bits per heavy atom. The van der Waals surface area contributed by atoms with Gasteiger partial charge in [0.2, 0.25) is 5.91 Å². The molecule has 0 N–H and O–H groups in total. The van der Waals surface area contributed by atoms with Crippen LogP contribution in [-0.2, 0) is 24.7 Å². The van der Waals surface area contributed by atoms with Crippen LogP contribution in [0.2, 0.25) is 0 Å². The van der Waals surface area contributed by atoms with Gasteiger partial charge in [-0.3, -0.25) is 4.79 Å². The molecule has 1 saturated heterocycles. The van der Waals surface area contributed by atoms with Crippen LogP contribution in [0.15, 0.2) is 24.5 Å². The lowest BCUT2D eigenvalue weighted by atomic mass is 9.90. The summed E-state index contributed by atoms with van der Waals surface area (Å²) in [6.45, 7) is 2.04. The third-order valence-electron chi connectivity index (χ3n) is 5.73. The van der Waals surface area contributed by atoms with Gasteiger partial charge in [0.15, 0.2) is 11.5 Å². The van der Waals surface area contributed by atoms with Crippen LogP contribution in [0.4, 0.5) is 0 Å². The first-order valence-corrected chi connectivity index (χ1v) is 9.56. The highest BCUT2D eigenvalue weighted by Gasteiger charge is 2.33. The molecule has 1 fully saturated rings. The summed E-state index contributed by atoms with van der Waals surface area (Å²) in [5, 5.41) is 8.13. The molecule has 1 atom stereocenters. The summed E-state index contributed by atoms with van der Waals surface area (Å²) in [7, 11) is 3.62. The number of hydrogen-bond acceptors (Lipinski definition) is 5. The number of carbonyl (C=O) groups is 1.